The summed E-state index contributed by atoms with van der Waals surface area (Å²) in [5.41, 5.74) is 1.81. The number of piperidine rings is 1. The monoisotopic (exact) mass is 329 g/mol. The molecular formula is C19H27N3O2. The highest BCUT2D eigenvalue weighted by Gasteiger charge is 2.25. The van der Waals surface area contributed by atoms with Gasteiger partial charge in [-0.05, 0) is 37.8 Å². The Balaban J connectivity index is 1.49. The van der Waals surface area contributed by atoms with Crippen molar-refractivity contribution >= 4 is 11.8 Å². The molecule has 5 nitrogen and oxygen atoms in total. The second kappa shape index (κ2) is 7.79. The van der Waals surface area contributed by atoms with Crippen LogP contribution in [0.2, 0.25) is 0 Å². The summed E-state index contributed by atoms with van der Waals surface area (Å²) in [6.45, 7) is 7.22. The Kier molecular flexibility index (Phi) is 5.51. The van der Waals surface area contributed by atoms with Gasteiger partial charge in [0.15, 0.2) is 0 Å². The topological polar surface area (TPSA) is 43.9 Å². The average molecular weight is 329 g/mol. The van der Waals surface area contributed by atoms with Gasteiger partial charge in [-0.25, -0.2) is 0 Å². The first kappa shape index (κ1) is 17.0. The molecule has 2 saturated heterocycles. The van der Waals surface area contributed by atoms with Gasteiger partial charge in [-0.2, -0.15) is 0 Å². The van der Waals surface area contributed by atoms with Crippen molar-refractivity contribution in [2.24, 2.45) is 0 Å². The first-order chi connectivity index (χ1) is 11.6. The summed E-state index contributed by atoms with van der Waals surface area (Å²) in [5, 5.41) is 0. The van der Waals surface area contributed by atoms with E-state index in [2.05, 4.69) is 4.90 Å². The Hall–Kier alpha value is -1.88. The Morgan fingerprint density at radius 3 is 2.21 bits per heavy atom. The molecule has 2 aliphatic heterocycles. The molecule has 2 amide bonds. The number of amides is 2. The normalized spacial score (nSPS) is 19.4. The van der Waals surface area contributed by atoms with Gasteiger partial charge >= 0.3 is 0 Å². The Morgan fingerprint density at radius 1 is 0.875 bits per heavy atom. The first-order valence-corrected chi connectivity index (χ1v) is 9.00. The van der Waals surface area contributed by atoms with Crippen molar-refractivity contribution in [3.63, 3.8) is 0 Å². The number of likely N-dealkylation sites (tertiary alicyclic amines) is 1. The van der Waals surface area contributed by atoms with E-state index in [0.29, 0.717) is 19.6 Å². The maximum atomic E-state index is 12.6. The van der Waals surface area contributed by atoms with Gasteiger partial charge in [0.2, 0.25) is 5.91 Å². The smallest absolute Gasteiger partial charge is 0.254 e. The lowest BCUT2D eigenvalue weighted by Gasteiger charge is -2.36. The summed E-state index contributed by atoms with van der Waals surface area (Å²) in [5.74, 6) is 0.350. The van der Waals surface area contributed by atoms with Crippen molar-refractivity contribution in [1.82, 2.24) is 14.7 Å². The van der Waals surface area contributed by atoms with Crippen LogP contribution in [0.25, 0.3) is 0 Å². The first-order valence-electron chi connectivity index (χ1n) is 9.00. The number of hydrogen-bond acceptors (Lipinski definition) is 3. The van der Waals surface area contributed by atoms with Crippen molar-refractivity contribution in [3.8, 4) is 0 Å². The van der Waals surface area contributed by atoms with Crippen molar-refractivity contribution in [2.75, 3.05) is 45.8 Å². The van der Waals surface area contributed by atoms with Crippen LogP contribution in [-0.2, 0) is 4.79 Å². The third-order valence-electron chi connectivity index (χ3n) is 5.10. The fraction of sp³-hybridized carbons (Fsp3) is 0.579. The molecule has 0 N–H and O–H groups in total. The molecule has 5 heteroatoms. The van der Waals surface area contributed by atoms with E-state index in [1.165, 1.54) is 6.42 Å². The highest BCUT2D eigenvalue weighted by Crippen LogP contribution is 2.14. The minimum atomic E-state index is 0.107. The predicted octanol–water partition coefficient (Wildman–Crippen LogP) is 1.77. The average Bonchev–Trinajstić information content (AvgIpc) is 2.63. The summed E-state index contributed by atoms with van der Waals surface area (Å²) >= 11 is 0. The van der Waals surface area contributed by atoms with Gasteiger partial charge in [0.05, 0.1) is 6.54 Å². The van der Waals surface area contributed by atoms with Gasteiger partial charge < -0.3 is 9.80 Å². The van der Waals surface area contributed by atoms with Crippen LogP contribution in [0.3, 0.4) is 0 Å². The second-order valence-electron chi connectivity index (χ2n) is 6.82. The van der Waals surface area contributed by atoms with Crippen LogP contribution < -0.4 is 0 Å². The lowest BCUT2D eigenvalue weighted by atomic mass is 10.1. The van der Waals surface area contributed by atoms with Crippen LogP contribution in [0.15, 0.2) is 24.3 Å². The minimum absolute atomic E-state index is 0.107. The largest absolute Gasteiger partial charge is 0.342 e. The molecule has 0 saturated carbocycles. The van der Waals surface area contributed by atoms with E-state index in [0.717, 1.165) is 50.1 Å². The van der Waals surface area contributed by atoms with Crippen molar-refractivity contribution in [1.29, 1.82) is 0 Å². The van der Waals surface area contributed by atoms with E-state index < -0.39 is 0 Å². The molecule has 1 aromatic carbocycles. The van der Waals surface area contributed by atoms with Crippen LogP contribution in [0.4, 0.5) is 0 Å². The number of piperazine rings is 1. The number of carbonyl (C=O) groups is 2. The Bertz CT molecular complexity index is 588. The van der Waals surface area contributed by atoms with Gasteiger partial charge in [0.25, 0.3) is 5.91 Å². The van der Waals surface area contributed by atoms with Crippen LogP contribution >= 0.6 is 0 Å². The maximum absolute atomic E-state index is 12.6. The van der Waals surface area contributed by atoms with Crippen molar-refractivity contribution < 1.29 is 9.59 Å². The van der Waals surface area contributed by atoms with Gasteiger partial charge in [0, 0.05) is 44.8 Å². The zero-order valence-electron chi connectivity index (χ0n) is 14.5. The van der Waals surface area contributed by atoms with Gasteiger partial charge in [-0.1, -0.05) is 18.2 Å². The van der Waals surface area contributed by atoms with Crippen LogP contribution in [0.5, 0.6) is 0 Å². The SMILES string of the molecule is Cc1ccccc1C(=O)N1CCN(CC(=O)N2CCCCC2)CC1. The number of carbonyl (C=O) groups excluding carboxylic acids is 2. The third-order valence-corrected chi connectivity index (χ3v) is 5.10. The molecule has 0 spiro atoms. The zero-order valence-corrected chi connectivity index (χ0v) is 14.5. The quantitative estimate of drug-likeness (QED) is 0.849. The van der Waals surface area contributed by atoms with Crippen LogP contribution in [-0.4, -0.2) is 72.3 Å². The number of hydrogen-bond donors (Lipinski definition) is 0. The summed E-state index contributed by atoms with van der Waals surface area (Å²) in [6, 6.07) is 7.73. The van der Waals surface area contributed by atoms with E-state index in [1.54, 1.807) is 0 Å². The lowest BCUT2D eigenvalue weighted by Crippen LogP contribution is -2.52. The highest BCUT2D eigenvalue weighted by molar-refractivity contribution is 5.95. The molecule has 2 heterocycles. The summed E-state index contributed by atoms with van der Waals surface area (Å²) < 4.78 is 0. The molecule has 3 rings (SSSR count). The number of aryl methyl sites for hydroxylation is 1. The van der Waals surface area contributed by atoms with Crippen LogP contribution in [0.1, 0.15) is 35.2 Å². The van der Waals surface area contributed by atoms with Crippen molar-refractivity contribution in [2.45, 2.75) is 26.2 Å². The van der Waals surface area contributed by atoms with E-state index in [1.807, 2.05) is 41.0 Å². The number of nitrogens with zero attached hydrogens (tertiary/aromatic N) is 3. The fourth-order valence-electron chi connectivity index (χ4n) is 3.53. The van der Waals surface area contributed by atoms with E-state index in [4.69, 9.17) is 0 Å². The van der Waals surface area contributed by atoms with Gasteiger partial charge in [-0.15, -0.1) is 0 Å². The Morgan fingerprint density at radius 2 is 1.54 bits per heavy atom. The standard InChI is InChI=1S/C19H27N3O2/c1-16-7-3-4-8-17(16)19(24)22-13-11-20(12-14-22)15-18(23)21-9-5-2-6-10-21/h3-4,7-8H,2,5-6,9-15H2,1H3. The van der Waals surface area contributed by atoms with Crippen LogP contribution in [0, 0.1) is 6.92 Å². The van der Waals surface area contributed by atoms with Gasteiger partial charge in [0.1, 0.15) is 0 Å². The maximum Gasteiger partial charge on any atom is 0.254 e. The van der Waals surface area contributed by atoms with Gasteiger partial charge in [-0.3, -0.25) is 14.5 Å². The summed E-state index contributed by atoms with van der Waals surface area (Å²) in [6.07, 6.45) is 3.50. The molecule has 1 aromatic rings. The molecular weight excluding hydrogens is 302 g/mol. The van der Waals surface area contributed by atoms with E-state index in [9.17, 15) is 9.59 Å². The molecule has 0 aliphatic carbocycles. The third kappa shape index (κ3) is 3.96. The number of rotatable bonds is 3. The summed E-state index contributed by atoms with van der Waals surface area (Å²) in [4.78, 5) is 31.1. The molecule has 2 fully saturated rings. The second-order valence-corrected chi connectivity index (χ2v) is 6.82. The zero-order chi connectivity index (χ0) is 16.9. The molecule has 0 atom stereocenters. The minimum Gasteiger partial charge on any atom is -0.342 e. The summed E-state index contributed by atoms with van der Waals surface area (Å²) in [7, 11) is 0. The Labute approximate surface area is 144 Å². The molecule has 0 bridgehead atoms. The fourth-order valence-corrected chi connectivity index (χ4v) is 3.53. The van der Waals surface area contributed by atoms with E-state index >= 15 is 0 Å². The predicted molar refractivity (Wildman–Crippen MR) is 94.0 cm³/mol. The lowest BCUT2D eigenvalue weighted by molar-refractivity contribution is -0.133. The van der Waals surface area contributed by atoms with E-state index in [-0.39, 0.29) is 11.8 Å². The molecule has 0 aromatic heterocycles. The highest BCUT2D eigenvalue weighted by atomic mass is 16.2. The van der Waals surface area contributed by atoms with Crippen molar-refractivity contribution in [3.05, 3.63) is 35.4 Å². The molecule has 24 heavy (non-hydrogen) atoms. The molecule has 0 unspecified atom stereocenters. The number of benzene rings is 1. The molecule has 2 aliphatic rings. The molecule has 130 valence electrons. The molecule has 0 radical (unpaired) electrons.